The second-order valence-electron chi connectivity index (χ2n) is 10.1. The Balaban J connectivity index is 0.00000141. The van der Waals surface area contributed by atoms with E-state index < -0.39 is 5.97 Å². The molecule has 1 aliphatic heterocycles. The third kappa shape index (κ3) is 8.85. The van der Waals surface area contributed by atoms with Crippen LogP contribution in [0.15, 0.2) is 72.8 Å². The summed E-state index contributed by atoms with van der Waals surface area (Å²) in [4.78, 5) is 27.2. The SMILES string of the molecule is CCC.CCN(c1ccc(C(CC(=O)O)c2ccccc2)cc1NC(=O)Nc1ccc(C)cc1)C1CCOCC1. The molecule has 1 atom stereocenters. The lowest BCUT2D eigenvalue weighted by Gasteiger charge is -2.36. The summed E-state index contributed by atoms with van der Waals surface area (Å²) in [6, 6.07) is 23.1. The van der Waals surface area contributed by atoms with Crippen molar-refractivity contribution in [1.82, 2.24) is 0 Å². The maximum Gasteiger partial charge on any atom is 0.323 e. The van der Waals surface area contributed by atoms with Crippen LogP contribution in [0.5, 0.6) is 0 Å². The Labute approximate surface area is 238 Å². The topological polar surface area (TPSA) is 90.9 Å². The lowest BCUT2D eigenvalue weighted by Crippen LogP contribution is -2.40. The first kappa shape index (κ1) is 30.7. The zero-order valence-corrected chi connectivity index (χ0v) is 24.2. The van der Waals surface area contributed by atoms with Gasteiger partial charge in [0.05, 0.1) is 17.8 Å². The van der Waals surface area contributed by atoms with Crippen LogP contribution in [0.25, 0.3) is 0 Å². The van der Waals surface area contributed by atoms with Gasteiger partial charge in [-0.05, 0) is 62.1 Å². The molecule has 1 saturated heterocycles. The summed E-state index contributed by atoms with van der Waals surface area (Å²) in [5, 5.41) is 15.6. The second-order valence-corrected chi connectivity index (χ2v) is 10.1. The molecule has 1 unspecified atom stereocenters. The number of urea groups is 1. The van der Waals surface area contributed by atoms with Gasteiger partial charge in [-0.3, -0.25) is 4.79 Å². The van der Waals surface area contributed by atoms with Crippen molar-refractivity contribution in [2.24, 2.45) is 0 Å². The number of carboxylic acid groups (broad SMARTS) is 1. The number of carbonyl (C=O) groups excluding carboxylic acids is 1. The highest BCUT2D eigenvalue weighted by Crippen LogP contribution is 2.36. The van der Waals surface area contributed by atoms with Gasteiger partial charge < -0.3 is 25.4 Å². The summed E-state index contributed by atoms with van der Waals surface area (Å²) in [6.45, 7) is 10.6. The predicted octanol–water partition coefficient (Wildman–Crippen LogP) is 7.67. The molecule has 7 nitrogen and oxygen atoms in total. The second kappa shape index (κ2) is 15.7. The van der Waals surface area contributed by atoms with E-state index in [-0.39, 0.29) is 18.4 Å². The average Bonchev–Trinajstić information content (AvgIpc) is 2.95. The molecule has 0 spiro atoms. The minimum Gasteiger partial charge on any atom is -0.481 e. The first-order valence-corrected chi connectivity index (χ1v) is 14.3. The van der Waals surface area contributed by atoms with Crippen LogP contribution >= 0.6 is 0 Å². The number of ether oxygens (including phenoxy) is 1. The van der Waals surface area contributed by atoms with Gasteiger partial charge in [-0.15, -0.1) is 0 Å². The van der Waals surface area contributed by atoms with E-state index in [9.17, 15) is 14.7 Å². The Kier molecular flexibility index (Phi) is 12.0. The van der Waals surface area contributed by atoms with Gasteiger partial charge >= 0.3 is 12.0 Å². The molecule has 3 aromatic carbocycles. The Bertz CT molecular complexity index is 1210. The molecule has 0 aliphatic carbocycles. The number of carboxylic acids is 1. The predicted molar refractivity (Wildman–Crippen MR) is 164 cm³/mol. The van der Waals surface area contributed by atoms with Crippen LogP contribution in [0.2, 0.25) is 0 Å². The summed E-state index contributed by atoms with van der Waals surface area (Å²) >= 11 is 0. The third-order valence-corrected chi connectivity index (χ3v) is 6.84. The van der Waals surface area contributed by atoms with Crippen molar-refractivity contribution in [2.45, 2.75) is 65.3 Å². The smallest absolute Gasteiger partial charge is 0.323 e. The molecule has 1 aliphatic rings. The largest absolute Gasteiger partial charge is 0.481 e. The molecule has 3 aromatic rings. The fourth-order valence-electron chi connectivity index (χ4n) is 4.95. The van der Waals surface area contributed by atoms with E-state index in [1.54, 1.807) is 0 Å². The number of carbonyl (C=O) groups is 2. The summed E-state index contributed by atoms with van der Waals surface area (Å²) in [6.07, 6.45) is 3.03. The van der Waals surface area contributed by atoms with Gasteiger partial charge in [-0.1, -0.05) is 74.4 Å². The molecule has 214 valence electrons. The highest BCUT2D eigenvalue weighted by molar-refractivity contribution is 6.02. The van der Waals surface area contributed by atoms with Gasteiger partial charge in [0.15, 0.2) is 0 Å². The quantitative estimate of drug-likeness (QED) is 0.257. The van der Waals surface area contributed by atoms with Crippen LogP contribution in [0.3, 0.4) is 0 Å². The number of hydrogen-bond acceptors (Lipinski definition) is 4. The lowest BCUT2D eigenvalue weighted by atomic mass is 9.88. The van der Waals surface area contributed by atoms with Crippen LogP contribution in [0.4, 0.5) is 21.9 Å². The molecule has 0 saturated carbocycles. The van der Waals surface area contributed by atoms with Crippen LogP contribution < -0.4 is 15.5 Å². The molecular weight excluding hydrogens is 502 g/mol. The zero-order chi connectivity index (χ0) is 28.9. The molecule has 4 rings (SSSR count). The first-order chi connectivity index (χ1) is 19.4. The van der Waals surface area contributed by atoms with Gasteiger partial charge in [-0.2, -0.15) is 0 Å². The van der Waals surface area contributed by atoms with Crippen molar-refractivity contribution < 1.29 is 19.4 Å². The number of benzene rings is 3. The molecule has 3 N–H and O–H groups in total. The van der Waals surface area contributed by atoms with E-state index >= 15 is 0 Å². The Hall–Kier alpha value is -3.84. The monoisotopic (exact) mass is 545 g/mol. The van der Waals surface area contributed by atoms with Crippen molar-refractivity contribution >= 4 is 29.1 Å². The molecule has 7 heteroatoms. The fourth-order valence-corrected chi connectivity index (χ4v) is 4.95. The minimum absolute atomic E-state index is 0.0458. The van der Waals surface area contributed by atoms with E-state index in [1.165, 1.54) is 6.42 Å². The molecule has 40 heavy (non-hydrogen) atoms. The van der Waals surface area contributed by atoms with E-state index in [2.05, 4.69) is 36.3 Å². The molecular formula is C33H43N3O4. The number of hydrogen-bond donors (Lipinski definition) is 3. The van der Waals surface area contributed by atoms with Gasteiger partial charge in [0.25, 0.3) is 0 Å². The number of anilines is 3. The van der Waals surface area contributed by atoms with Crippen molar-refractivity contribution in [3.63, 3.8) is 0 Å². The van der Waals surface area contributed by atoms with Gasteiger partial charge in [0, 0.05) is 37.4 Å². The molecule has 1 heterocycles. The Morgan fingerprint density at radius 2 is 1.57 bits per heavy atom. The summed E-state index contributed by atoms with van der Waals surface area (Å²) in [7, 11) is 0. The van der Waals surface area contributed by atoms with Gasteiger partial charge in [0.1, 0.15) is 0 Å². The number of nitrogens with one attached hydrogen (secondary N) is 2. The highest BCUT2D eigenvalue weighted by Gasteiger charge is 2.25. The number of aliphatic carboxylic acids is 1. The number of aryl methyl sites for hydroxylation is 1. The first-order valence-electron chi connectivity index (χ1n) is 14.3. The standard InChI is InChI=1S/C30H35N3O4.C3H8/c1-3-33(25-15-17-37-18-16-25)28-14-11-23(26(20-29(34)35)22-7-5-4-6-8-22)19-27(28)32-30(36)31-24-12-9-21(2)10-13-24;1-3-2/h4-14,19,25-26H,3,15-18,20H2,1-2H3,(H,34,35)(H2,31,32,36);3H2,1-2H3. The van der Waals surface area contributed by atoms with Crippen molar-refractivity contribution in [3.05, 3.63) is 89.5 Å². The zero-order valence-electron chi connectivity index (χ0n) is 24.2. The highest BCUT2D eigenvalue weighted by atomic mass is 16.5. The van der Waals surface area contributed by atoms with Crippen molar-refractivity contribution in [3.8, 4) is 0 Å². The Morgan fingerprint density at radius 1 is 0.925 bits per heavy atom. The molecule has 2 amide bonds. The van der Waals surface area contributed by atoms with Crippen LogP contribution in [-0.2, 0) is 9.53 Å². The maximum atomic E-state index is 13.1. The molecule has 1 fully saturated rings. The van der Waals surface area contributed by atoms with Gasteiger partial charge in [-0.25, -0.2) is 4.79 Å². The van der Waals surface area contributed by atoms with E-state index in [4.69, 9.17) is 4.74 Å². The average molecular weight is 546 g/mol. The normalized spacial score (nSPS) is 13.9. The minimum atomic E-state index is -0.873. The summed E-state index contributed by atoms with van der Waals surface area (Å²) in [5.41, 5.74) is 5.14. The van der Waals surface area contributed by atoms with Crippen molar-refractivity contribution in [2.75, 3.05) is 35.3 Å². The molecule has 0 bridgehead atoms. The van der Waals surface area contributed by atoms with E-state index in [0.29, 0.717) is 30.6 Å². The van der Waals surface area contributed by atoms with E-state index in [1.807, 2.05) is 79.7 Å². The van der Waals surface area contributed by atoms with Crippen molar-refractivity contribution in [1.29, 1.82) is 0 Å². The molecule has 0 aromatic heterocycles. The maximum absolute atomic E-state index is 13.1. The third-order valence-electron chi connectivity index (χ3n) is 6.84. The Morgan fingerprint density at radius 3 is 2.17 bits per heavy atom. The number of rotatable bonds is 9. The number of nitrogens with zero attached hydrogens (tertiary/aromatic N) is 1. The van der Waals surface area contributed by atoms with Gasteiger partial charge in [0.2, 0.25) is 0 Å². The fraction of sp³-hybridized carbons (Fsp3) is 0.394. The van der Waals surface area contributed by atoms with Crippen LogP contribution in [0, 0.1) is 6.92 Å². The lowest BCUT2D eigenvalue weighted by molar-refractivity contribution is -0.137. The van der Waals surface area contributed by atoms with Crippen LogP contribution in [-0.4, -0.2) is 42.9 Å². The summed E-state index contributed by atoms with van der Waals surface area (Å²) in [5.74, 6) is -1.21. The van der Waals surface area contributed by atoms with Crippen LogP contribution in [0.1, 0.15) is 69.1 Å². The summed E-state index contributed by atoms with van der Waals surface area (Å²) < 4.78 is 5.57. The van der Waals surface area contributed by atoms with E-state index in [0.717, 1.165) is 41.8 Å². The molecule has 0 radical (unpaired) electrons. The number of amides is 2.